The van der Waals surface area contributed by atoms with Crippen molar-refractivity contribution in [1.29, 1.82) is 0 Å². The Bertz CT molecular complexity index is 1860. The van der Waals surface area contributed by atoms with Gasteiger partial charge in [-0.25, -0.2) is 9.79 Å². The number of rotatable bonds is 8. The molecule has 1 unspecified atom stereocenters. The topological polar surface area (TPSA) is 79.1 Å². The summed E-state index contributed by atoms with van der Waals surface area (Å²) in [7, 11) is 1.56. The smallest absolute Gasteiger partial charge is 0.338 e. The summed E-state index contributed by atoms with van der Waals surface area (Å²) in [5.74, 6) is 0.397. The zero-order valence-electron chi connectivity index (χ0n) is 22.8. The fourth-order valence-electron chi connectivity index (χ4n) is 4.71. The first-order chi connectivity index (χ1) is 20.2. The molecule has 4 aromatic rings. The van der Waals surface area contributed by atoms with Crippen LogP contribution < -0.4 is 24.4 Å². The first kappa shape index (κ1) is 29.9. The molecule has 2 heterocycles. The average Bonchev–Trinajstić information content (AvgIpc) is 3.26. The van der Waals surface area contributed by atoms with Gasteiger partial charge in [0, 0.05) is 10.6 Å². The quantitative estimate of drug-likeness (QED) is 0.209. The van der Waals surface area contributed by atoms with Crippen molar-refractivity contribution in [3.05, 3.63) is 123 Å². The van der Waals surface area contributed by atoms with Crippen molar-refractivity contribution in [2.24, 2.45) is 4.99 Å². The lowest BCUT2D eigenvalue weighted by atomic mass is 9.96. The van der Waals surface area contributed by atoms with Gasteiger partial charge in [0.15, 0.2) is 10.6 Å². The fourth-order valence-corrected chi connectivity index (χ4v) is 6.68. The van der Waals surface area contributed by atoms with E-state index in [2.05, 4.69) is 4.99 Å². The van der Waals surface area contributed by atoms with Crippen molar-refractivity contribution in [3.8, 4) is 11.5 Å². The zero-order valence-corrected chi connectivity index (χ0v) is 25.9. The van der Waals surface area contributed by atoms with Crippen molar-refractivity contribution >= 4 is 58.2 Å². The minimum Gasteiger partial charge on any atom is -0.496 e. The molecule has 0 fully saturated rings. The zero-order chi connectivity index (χ0) is 30.0. The van der Waals surface area contributed by atoms with Crippen LogP contribution in [0.3, 0.4) is 0 Å². The molecular formula is C31H25Cl3N2O5S. The largest absolute Gasteiger partial charge is 0.496 e. The van der Waals surface area contributed by atoms with Crippen molar-refractivity contribution < 1.29 is 19.0 Å². The van der Waals surface area contributed by atoms with Crippen LogP contribution in [0.25, 0.3) is 6.08 Å². The summed E-state index contributed by atoms with van der Waals surface area (Å²) in [6.45, 7) is 3.81. The van der Waals surface area contributed by atoms with Gasteiger partial charge >= 0.3 is 5.97 Å². The first-order valence-electron chi connectivity index (χ1n) is 12.9. The van der Waals surface area contributed by atoms with E-state index >= 15 is 0 Å². The minimum absolute atomic E-state index is 0.100. The van der Waals surface area contributed by atoms with Crippen LogP contribution in [-0.2, 0) is 16.1 Å². The number of carbonyl (C=O) groups excluding carboxylic acids is 1. The molecule has 1 atom stereocenters. The van der Waals surface area contributed by atoms with Crippen LogP contribution in [0.15, 0.2) is 81.7 Å². The first-order valence-corrected chi connectivity index (χ1v) is 14.9. The number of halogens is 3. The van der Waals surface area contributed by atoms with Gasteiger partial charge in [-0.1, -0.05) is 82.5 Å². The van der Waals surface area contributed by atoms with Gasteiger partial charge in [0.1, 0.15) is 12.4 Å². The maximum absolute atomic E-state index is 13.9. The number of esters is 1. The molecule has 42 heavy (non-hydrogen) atoms. The van der Waals surface area contributed by atoms with E-state index in [9.17, 15) is 9.59 Å². The highest BCUT2D eigenvalue weighted by atomic mass is 35.5. The molecule has 0 amide bonds. The van der Waals surface area contributed by atoms with Gasteiger partial charge in [-0.3, -0.25) is 9.36 Å². The molecule has 0 bridgehead atoms. The Kier molecular flexibility index (Phi) is 9.08. The molecule has 5 rings (SSSR count). The van der Waals surface area contributed by atoms with Gasteiger partial charge in [-0.15, -0.1) is 0 Å². The maximum atomic E-state index is 13.9. The van der Waals surface area contributed by atoms with E-state index in [1.165, 1.54) is 11.3 Å². The molecule has 0 aliphatic carbocycles. The molecule has 216 valence electrons. The second-order valence-electron chi connectivity index (χ2n) is 9.27. The second-order valence-corrected chi connectivity index (χ2v) is 11.5. The molecule has 7 nitrogen and oxygen atoms in total. The van der Waals surface area contributed by atoms with Crippen molar-refractivity contribution in [1.82, 2.24) is 4.57 Å². The van der Waals surface area contributed by atoms with Gasteiger partial charge < -0.3 is 14.2 Å². The summed E-state index contributed by atoms with van der Waals surface area (Å²) >= 11 is 19.8. The highest BCUT2D eigenvalue weighted by molar-refractivity contribution is 7.07. The van der Waals surface area contributed by atoms with E-state index in [-0.39, 0.29) is 28.8 Å². The summed E-state index contributed by atoms with van der Waals surface area (Å²) in [4.78, 5) is 32.0. The van der Waals surface area contributed by atoms with Gasteiger partial charge in [0.2, 0.25) is 0 Å². The molecular weight excluding hydrogens is 619 g/mol. The lowest BCUT2D eigenvalue weighted by Crippen LogP contribution is -2.39. The Balaban J connectivity index is 1.56. The molecule has 1 aliphatic rings. The van der Waals surface area contributed by atoms with Crippen LogP contribution in [0.1, 0.15) is 36.6 Å². The Morgan fingerprint density at radius 3 is 2.45 bits per heavy atom. The molecule has 3 aromatic carbocycles. The van der Waals surface area contributed by atoms with Crippen LogP contribution in [0.5, 0.6) is 11.5 Å². The van der Waals surface area contributed by atoms with E-state index in [0.717, 1.165) is 11.1 Å². The van der Waals surface area contributed by atoms with E-state index in [1.54, 1.807) is 49.8 Å². The van der Waals surface area contributed by atoms with Gasteiger partial charge in [0.25, 0.3) is 5.56 Å². The SMILES string of the molecule is CCOC(=O)C1=C(C)N=c2s/c(=C/c3ccc(OC)c(COc4c(Cl)cc(Cl)cc4Cl)c3)c(=O)n2C1c1ccccc1. The van der Waals surface area contributed by atoms with E-state index in [4.69, 9.17) is 49.0 Å². The molecule has 11 heteroatoms. The number of hydrogen-bond donors (Lipinski definition) is 0. The van der Waals surface area contributed by atoms with Crippen LogP contribution in [0.4, 0.5) is 0 Å². The summed E-state index contributed by atoms with van der Waals surface area (Å²) < 4.78 is 18.8. The highest BCUT2D eigenvalue weighted by Crippen LogP contribution is 2.37. The van der Waals surface area contributed by atoms with Crippen molar-refractivity contribution in [2.45, 2.75) is 26.5 Å². The molecule has 0 saturated carbocycles. The molecule has 0 radical (unpaired) electrons. The van der Waals surface area contributed by atoms with Gasteiger partial charge in [0.05, 0.1) is 45.6 Å². The third-order valence-electron chi connectivity index (χ3n) is 6.57. The Labute approximate surface area is 260 Å². The number of ether oxygens (including phenoxy) is 3. The number of methoxy groups -OCH3 is 1. The number of benzene rings is 3. The number of aromatic nitrogens is 1. The Morgan fingerprint density at radius 2 is 1.79 bits per heavy atom. The van der Waals surface area contributed by atoms with Crippen molar-refractivity contribution in [2.75, 3.05) is 13.7 Å². The number of nitrogens with zero attached hydrogens (tertiary/aromatic N) is 2. The number of allylic oxidation sites excluding steroid dienone is 1. The maximum Gasteiger partial charge on any atom is 0.338 e. The number of carbonyl (C=O) groups is 1. The minimum atomic E-state index is -0.669. The van der Waals surface area contributed by atoms with E-state index < -0.39 is 12.0 Å². The van der Waals surface area contributed by atoms with E-state index in [0.29, 0.717) is 42.7 Å². The summed E-state index contributed by atoms with van der Waals surface area (Å²) in [5.41, 5.74) is 2.82. The highest BCUT2D eigenvalue weighted by Gasteiger charge is 2.33. The third kappa shape index (κ3) is 5.99. The molecule has 0 spiro atoms. The lowest BCUT2D eigenvalue weighted by Gasteiger charge is -2.24. The van der Waals surface area contributed by atoms with Gasteiger partial charge in [-0.05, 0) is 55.3 Å². The predicted octanol–water partition coefficient (Wildman–Crippen LogP) is 6.35. The third-order valence-corrected chi connectivity index (χ3v) is 8.33. The predicted molar refractivity (Wildman–Crippen MR) is 166 cm³/mol. The average molecular weight is 644 g/mol. The molecule has 0 saturated heterocycles. The standard InChI is InChI=1S/C31H25Cl3N2O5S/c1-4-40-30(38)26-17(2)35-31-36(27(26)19-8-6-5-7-9-19)29(37)25(42-31)13-18-10-11-24(39-3)20(12-18)16-41-28-22(33)14-21(32)15-23(28)34/h5-15,27H,4,16H2,1-3H3/b25-13+. The summed E-state index contributed by atoms with van der Waals surface area (Å²) in [5, 5.41) is 0.973. The number of hydrogen-bond acceptors (Lipinski definition) is 7. The van der Waals surface area contributed by atoms with Crippen molar-refractivity contribution in [3.63, 3.8) is 0 Å². The Hall–Kier alpha value is -3.56. The van der Waals surface area contributed by atoms with Crippen LogP contribution in [0, 0.1) is 0 Å². The van der Waals surface area contributed by atoms with E-state index in [1.807, 2.05) is 42.5 Å². The molecule has 1 aliphatic heterocycles. The normalized spacial score (nSPS) is 14.8. The lowest BCUT2D eigenvalue weighted by molar-refractivity contribution is -0.139. The molecule has 1 aromatic heterocycles. The number of fused-ring (bicyclic) bond motifs is 1. The second kappa shape index (κ2) is 12.8. The summed E-state index contributed by atoms with van der Waals surface area (Å²) in [6.07, 6.45) is 1.78. The number of thiazole rings is 1. The monoisotopic (exact) mass is 642 g/mol. The molecule has 0 N–H and O–H groups in total. The van der Waals surface area contributed by atoms with Gasteiger partial charge in [-0.2, -0.15) is 0 Å². The van der Waals surface area contributed by atoms with Crippen LogP contribution in [-0.4, -0.2) is 24.3 Å². The fraction of sp³-hybridized carbons (Fsp3) is 0.194. The van der Waals surface area contributed by atoms with Crippen LogP contribution >= 0.6 is 46.1 Å². The summed E-state index contributed by atoms with van der Waals surface area (Å²) in [6, 6.07) is 17.3. The Morgan fingerprint density at radius 1 is 1.07 bits per heavy atom. The van der Waals surface area contributed by atoms with Crippen LogP contribution in [0.2, 0.25) is 15.1 Å².